The van der Waals surface area contributed by atoms with Gasteiger partial charge in [0.1, 0.15) is 5.54 Å². The maximum absolute atomic E-state index is 11.8. The molecule has 0 aliphatic carbocycles. The van der Waals surface area contributed by atoms with Gasteiger partial charge in [0.25, 0.3) is 10.0 Å². The topological polar surface area (TPSA) is 87.8 Å². The fraction of sp³-hybridized carbons (Fsp3) is 0.500. The summed E-state index contributed by atoms with van der Waals surface area (Å²) in [7, 11) is -2.17. The molecule has 0 bridgehead atoms. The highest BCUT2D eigenvalue weighted by Crippen LogP contribution is 2.10. The number of nitrogens with one attached hydrogen (secondary N) is 1. The van der Waals surface area contributed by atoms with E-state index in [9.17, 15) is 8.42 Å². The van der Waals surface area contributed by atoms with E-state index in [2.05, 4.69) is 9.82 Å². The number of rotatable bonds is 3. The van der Waals surface area contributed by atoms with Gasteiger partial charge in [0.15, 0.2) is 5.03 Å². The maximum Gasteiger partial charge on any atom is 0.259 e. The molecule has 1 heterocycles. The molecule has 0 amide bonds. The summed E-state index contributed by atoms with van der Waals surface area (Å²) >= 11 is 0. The van der Waals surface area contributed by atoms with Gasteiger partial charge in [-0.1, -0.05) is 0 Å². The van der Waals surface area contributed by atoms with Crippen LogP contribution in [-0.4, -0.2) is 23.7 Å². The zero-order chi connectivity index (χ0) is 11.7. The second kappa shape index (κ2) is 3.64. The Morgan fingerprint density at radius 3 is 2.60 bits per heavy atom. The van der Waals surface area contributed by atoms with E-state index < -0.39 is 15.6 Å². The van der Waals surface area contributed by atoms with Crippen LogP contribution in [0.2, 0.25) is 0 Å². The lowest BCUT2D eigenvalue weighted by Crippen LogP contribution is -2.42. The standard InChI is InChI=1S/C8H12N4O2S/c1-8(2,6-9)11-15(13,14)7-4-5-10-12(7)3/h4-5,11H,1-3H3. The Morgan fingerprint density at radius 2 is 2.20 bits per heavy atom. The lowest BCUT2D eigenvalue weighted by molar-refractivity contribution is 0.523. The summed E-state index contributed by atoms with van der Waals surface area (Å²) in [5, 5.41) is 12.5. The predicted octanol–water partition coefficient (Wildman–Crippen LogP) is 0.000580. The van der Waals surface area contributed by atoms with Crippen LogP contribution < -0.4 is 4.72 Å². The zero-order valence-corrected chi connectivity index (χ0v) is 9.54. The molecule has 15 heavy (non-hydrogen) atoms. The minimum atomic E-state index is -3.69. The van der Waals surface area contributed by atoms with E-state index in [1.807, 2.05) is 6.07 Å². The lowest BCUT2D eigenvalue weighted by atomic mass is 10.1. The van der Waals surface area contributed by atoms with Crippen molar-refractivity contribution in [3.05, 3.63) is 12.3 Å². The molecular formula is C8H12N4O2S. The quantitative estimate of drug-likeness (QED) is 0.788. The van der Waals surface area contributed by atoms with E-state index in [0.29, 0.717) is 0 Å². The number of hydrogen-bond donors (Lipinski definition) is 1. The van der Waals surface area contributed by atoms with Crippen molar-refractivity contribution in [3.8, 4) is 6.07 Å². The smallest absolute Gasteiger partial charge is 0.256 e. The van der Waals surface area contributed by atoms with Crippen molar-refractivity contribution in [1.82, 2.24) is 14.5 Å². The Bertz CT molecular complexity index is 495. The van der Waals surface area contributed by atoms with Gasteiger partial charge in [0.2, 0.25) is 0 Å². The van der Waals surface area contributed by atoms with Crippen molar-refractivity contribution in [2.45, 2.75) is 24.4 Å². The van der Waals surface area contributed by atoms with Crippen molar-refractivity contribution in [1.29, 1.82) is 5.26 Å². The maximum atomic E-state index is 11.8. The van der Waals surface area contributed by atoms with Crippen LogP contribution in [0.25, 0.3) is 0 Å². The molecular weight excluding hydrogens is 216 g/mol. The number of aromatic nitrogens is 2. The molecule has 7 heteroatoms. The summed E-state index contributed by atoms with van der Waals surface area (Å²) < 4.78 is 27.0. The number of nitrogens with zero attached hydrogens (tertiary/aromatic N) is 3. The average molecular weight is 228 g/mol. The molecule has 82 valence electrons. The summed E-state index contributed by atoms with van der Waals surface area (Å²) in [6.07, 6.45) is 1.38. The summed E-state index contributed by atoms with van der Waals surface area (Å²) in [5.41, 5.74) is -1.14. The Balaban J connectivity index is 3.08. The van der Waals surface area contributed by atoms with Crippen LogP contribution in [0.3, 0.4) is 0 Å². The lowest BCUT2D eigenvalue weighted by Gasteiger charge is -2.17. The van der Waals surface area contributed by atoms with Crippen LogP contribution in [0.4, 0.5) is 0 Å². The van der Waals surface area contributed by atoms with Crippen LogP contribution in [0.5, 0.6) is 0 Å². The second-order valence-electron chi connectivity index (χ2n) is 3.64. The highest BCUT2D eigenvalue weighted by molar-refractivity contribution is 7.89. The molecule has 1 N–H and O–H groups in total. The molecule has 6 nitrogen and oxygen atoms in total. The van der Waals surface area contributed by atoms with E-state index in [1.54, 1.807) is 0 Å². The van der Waals surface area contributed by atoms with E-state index in [0.717, 1.165) is 0 Å². The highest BCUT2D eigenvalue weighted by atomic mass is 32.2. The first-order chi connectivity index (χ1) is 6.78. The molecule has 0 aromatic carbocycles. The van der Waals surface area contributed by atoms with E-state index >= 15 is 0 Å². The van der Waals surface area contributed by atoms with Crippen molar-refractivity contribution in [2.75, 3.05) is 0 Å². The minimum Gasteiger partial charge on any atom is -0.256 e. The molecule has 0 saturated heterocycles. The van der Waals surface area contributed by atoms with Gasteiger partial charge in [-0.2, -0.15) is 15.1 Å². The molecule has 0 aliphatic rings. The van der Waals surface area contributed by atoms with Gasteiger partial charge < -0.3 is 0 Å². The van der Waals surface area contributed by atoms with Crippen LogP contribution >= 0.6 is 0 Å². The van der Waals surface area contributed by atoms with Crippen molar-refractivity contribution in [2.24, 2.45) is 7.05 Å². The summed E-state index contributed by atoms with van der Waals surface area (Å²) in [6.45, 7) is 2.97. The van der Waals surface area contributed by atoms with Crippen LogP contribution in [0.15, 0.2) is 17.3 Å². The number of nitriles is 1. The largest absolute Gasteiger partial charge is 0.259 e. The fourth-order valence-electron chi connectivity index (χ4n) is 1.04. The Morgan fingerprint density at radius 1 is 1.60 bits per heavy atom. The van der Waals surface area contributed by atoms with Gasteiger partial charge in [-0.15, -0.1) is 0 Å². The molecule has 1 rings (SSSR count). The Labute approximate surface area is 88.6 Å². The number of hydrogen-bond acceptors (Lipinski definition) is 4. The third-order valence-corrected chi connectivity index (χ3v) is 3.45. The van der Waals surface area contributed by atoms with Crippen molar-refractivity contribution >= 4 is 10.0 Å². The molecule has 0 atom stereocenters. The van der Waals surface area contributed by atoms with Crippen molar-refractivity contribution < 1.29 is 8.42 Å². The Hall–Kier alpha value is -1.39. The molecule has 1 aromatic heterocycles. The number of sulfonamides is 1. The molecule has 1 aromatic rings. The number of aryl methyl sites for hydroxylation is 1. The first kappa shape index (κ1) is 11.7. The summed E-state index contributed by atoms with van der Waals surface area (Å²) in [5.74, 6) is 0. The second-order valence-corrected chi connectivity index (χ2v) is 5.26. The van der Waals surface area contributed by atoms with Crippen LogP contribution in [0, 0.1) is 11.3 Å². The fourth-order valence-corrected chi connectivity index (χ4v) is 2.49. The van der Waals surface area contributed by atoms with E-state index in [1.165, 1.54) is 37.8 Å². The first-order valence-electron chi connectivity index (χ1n) is 4.22. The van der Waals surface area contributed by atoms with E-state index in [-0.39, 0.29) is 5.03 Å². The molecule has 0 fully saturated rings. The third kappa shape index (κ3) is 2.55. The zero-order valence-electron chi connectivity index (χ0n) is 8.72. The minimum absolute atomic E-state index is 0.0332. The molecule has 0 radical (unpaired) electrons. The van der Waals surface area contributed by atoms with Gasteiger partial charge in [-0.05, 0) is 19.9 Å². The van der Waals surface area contributed by atoms with Crippen LogP contribution in [0.1, 0.15) is 13.8 Å². The molecule has 0 unspecified atom stereocenters. The first-order valence-corrected chi connectivity index (χ1v) is 5.70. The van der Waals surface area contributed by atoms with Crippen molar-refractivity contribution in [3.63, 3.8) is 0 Å². The molecule has 0 aliphatic heterocycles. The summed E-state index contributed by atoms with van der Waals surface area (Å²) in [6, 6.07) is 3.23. The monoisotopic (exact) mass is 228 g/mol. The van der Waals surface area contributed by atoms with Gasteiger partial charge in [-0.3, -0.25) is 4.68 Å². The Kier molecular flexibility index (Phi) is 2.83. The predicted molar refractivity (Wildman–Crippen MR) is 53.2 cm³/mol. The van der Waals surface area contributed by atoms with Gasteiger partial charge >= 0.3 is 0 Å². The highest BCUT2D eigenvalue weighted by Gasteiger charge is 2.27. The SMILES string of the molecule is Cn1nccc1S(=O)(=O)NC(C)(C)C#N. The van der Waals surface area contributed by atoms with Gasteiger partial charge in [0.05, 0.1) is 12.3 Å². The van der Waals surface area contributed by atoms with Crippen LogP contribution in [-0.2, 0) is 17.1 Å². The normalized spacial score (nSPS) is 12.4. The molecule has 0 spiro atoms. The van der Waals surface area contributed by atoms with Gasteiger partial charge in [-0.25, -0.2) is 8.42 Å². The summed E-state index contributed by atoms with van der Waals surface area (Å²) in [4.78, 5) is 0. The average Bonchev–Trinajstić information content (AvgIpc) is 2.50. The van der Waals surface area contributed by atoms with E-state index in [4.69, 9.17) is 5.26 Å². The molecule has 0 saturated carbocycles. The van der Waals surface area contributed by atoms with Gasteiger partial charge in [0, 0.05) is 7.05 Å². The third-order valence-electron chi connectivity index (χ3n) is 1.72.